The molecule has 7 nitrogen and oxygen atoms in total. The summed E-state index contributed by atoms with van der Waals surface area (Å²) in [6.07, 6.45) is 8.74. The summed E-state index contributed by atoms with van der Waals surface area (Å²) >= 11 is 0. The molecule has 2 unspecified atom stereocenters. The second-order valence-electron chi connectivity index (χ2n) is 8.52. The highest BCUT2D eigenvalue weighted by atomic mass is 16.5. The Morgan fingerprint density at radius 3 is 2.76 bits per heavy atom. The maximum Gasteiger partial charge on any atom is 0.274 e. The number of hydrogen-bond acceptors (Lipinski definition) is 5. The molecule has 0 aliphatic heterocycles. The minimum absolute atomic E-state index is 0.124. The maximum atomic E-state index is 13.1. The van der Waals surface area contributed by atoms with Gasteiger partial charge in [0, 0.05) is 25.5 Å². The SMILES string of the molecule is CCCCOC1CC2CCC(C1)C2NC(=O)c1ncn2c(C)cc(COC)nc12. The number of aryl methyl sites for hydroxylation is 1. The van der Waals surface area contributed by atoms with Gasteiger partial charge in [0.05, 0.1) is 18.4 Å². The van der Waals surface area contributed by atoms with Gasteiger partial charge in [-0.2, -0.15) is 0 Å². The van der Waals surface area contributed by atoms with Crippen molar-refractivity contribution >= 4 is 11.6 Å². The molecule has 2 atom stereocenters. The predicted octanol–water partition coefficient (Wildman–Crippen LogP) is 3.29. The lowest BCUT2D eigenvalue weighted by Crippen LogP contribution is -2.46. The molecule has 29 heavy (non-hydrogen) atoms. The van der Waals surface area contributed by atoms with Gasteiger partial charge in [-0.05, 0) is 56.9 Å². The largest absolute Gasteiger partial charge is 0.378 e. The number of rotatable bonds is 8. The number of carbonyl (C=O) groups is 1. The average molecular weight is 401 g/mol. The van der Waals surface area contributed by atoms with Crippen molar-refractivity contribution in [1.29, 1.82) is 0 Å². The summed E-state index contributed by atoms with van der Waals surface area (Å²) < 4.78 is 13.2. The molecule has 2 saturated carbocycles. The highest BCUT2D eigenvalue weighted by Crippen LogP contribution is 2.43. The number of ether oxygens (including phenoxy) is 2. The van der Waals surface area contributed by atoms with E-state index in [0.717, 1.165) is 43.7 Å². The monoisotopic (exact) mass is 400 g/mol. The van der Waals surface area contributed by atoms with Crippen molar-refractivity contribution in [3.8, 4) is 0 Å². The normalized spacial score (nSPS) is 26.2. The van der Waals surface area contributed by atoms with Crippen LogP contribution in [0.3, 0.4) is 0 Å². The zero-order valence-corrected chi connectivity index (χ0v) is 17.7. The lowest BCUT2D eigenvalue weighted by molar-refractivity contribution is -0.00121. The molecule has 2 heterocycles. The summed E-state index contributed by atoms with van der Waals surface area (Å²) in [5.41, 5.74) is 2.78. The summed E-state index contributed by atoms with van der Waals surface area (Å²) in [7, 11) is 1.64. The van der Waals surface area contributed by atoms with Crippen molar-refractivity contribution < 1.29 is 14.3 Å². The van der Waals surface area contributed by atoms with Gasteiger partial charge < -0.3 is 14.8 Å². The molecule has 4 rings (SSSR count). The fourth-order valence-corrected chi connectivity index (χ4v) is 5.03. The van der Waals surface area contributed by atoms with E-state index >= 15 is 0 Å². The van der Waals surface area contributed by atoms with E-state index in [1.165, 1.54) is 12.8 Å². The second kappa shape index (κ2) is 8.79. The zero-order chi connectivity index (χ0) is 20.4. The van der Waals surface area contributed by atoms with Crippen LogP contribution in [0.25, 0.3) is 5.65 Å². The van der Waals surface area contributed by atoms with Crippen LogP contribution in [0.15, 0.2) is 12.4 Å². The fourth-order valence-electron chi connectivity index (χ4n) is 5.03. The molecule has 158 valence electrons. The van der Waals surface area contributed by atoms with E-state index in [2.05, 4.69) is 22.2 Å². The van der Waals surface area contributed by atoms with Gasteiger partial charge in [-0.1, -0.05) is 13.3 Å². The molecular formula is C22H32N4O3. The number of unbranched alkanes of at least 4 members (excludes halogenated alkanes) is 1. The third-order valence-corrected chi connectivity index (χ3v) is 6.46. The van der Waals surface area contributed by atoms with Crippen LogP contribution < -0.4 is 5.32 Å². The molecule has 0 aromatic carbocycles. The number of carbonyl (C=O) groups excluding carboxylic acids is 1. The standard InChI is InChI=1S/C22H32N4O3/c1-4-5-8-29-18-10-15-6-7-16(11-18)19(15)25-22(27)20-21-24-17(12-28-3)9-14(2)26(21)13-23-20/h9,13,15-16,18-19H,4-8,10-12H2,1-3H3,(H,25,27). The molecule has 2 bridgehead atoms. The van der Waals surface area contributed by atoms with E-state index in [1.807, 2.05) is 17.4 Å². The molecule has 7 heteroatoms. The topological polar surface area (TPSA) is 77.8 Å². The summed E-state index contributed by atoms with van der Waals surface area (Å²) in [6.45, 7) is 5.44. The van der Waals surface area contributed by atoms with E-state index in [0.29, 0.717) is 35.9 Å². The Morgan fingerprint density at radius 2 is 2.07 bits per heavy atom. The number of nitrogens with zero attached hydrogens (tertiary/aromatic N) is 3. The molecule has 0 saturated heterocycles. The Morgan fingerprint density at radius 1 is 1.31 bits per heavy atom. The summed E-state index contributed by atoms with van der Waals surface area (Å²) in [6, 6.07) is 2.17. The molecule has 2 fully saturated rings. The van der Waals surface area contributed by atoms with Gasteiger partial charge in [0.25, 0.3) is 5.91 Å². The number of aromatic nitrogens is 3. The average Bonchev–Trinajstić information content (AvgIpc) is 3.21. The van der Waals surface area contributed by atoms with Gasteiger partial charge in [-0.25, -0.2) is 9.97 Å². The molecule has 2 aromatic rings. The lowest BCUT2D eigenvalue weighted by atomic mass is 9.82. The molecule has 1 N–H and O–H groups in total. The second-order valence-corrected chi connectivity index (χ2v) is 8.52. The number of nitrogens with one attached hydrogen (secondary N) is 1. The van der Waals surface area contributed by atoms with Crippen molar-refractivity contribution in [2.24, 2.45) is 11.8 Å². The predicted molar refractivity (Wildman–Crippen MR) is 110 cm³/mol. The Labute approximate surface area is 172 Å². The number of hydrogen-bond donors (Lipinski definition) is 1. The van der Waals surface area contributed by atoms with E-state index < -0.39 is 0 Å². The maximum absolute atomic E-state index is 13.1. The fraction of sp³-hybridized carbons (Fsp3) is 0.682. The van der Waals surface area contributed by atoms with Gasteiger partial charge in [0.15, 0.2) is 11.3 Å². The Balaban J connectivity index is 1.46. The molecule has 0 spiro atoms. The Hall–Kier alpha value is -1.99. The number of imidazole rings is 1. The van der Waals surface area contributed by atoms with Crippen LogP contribution in [0.4, 0.5) is 0 Å². The molecule has 2 aliphatic rings. The van der Waals surface area contributed by atoms with E-state index in [-0.39, 0.29) is 11.9 Å². The van der Waals surface area contributed by atoms with Crippen LogP contribution in [-0.4, -0.2) is 46.1 Å². The van der Waals surface area contributed by atoms with Crippen LogP contribution >= 0.6 is 0 Å². The highest BCUT2D eigenvalue weighted by molar-refractivity contribution is 5.98. The Kier molecular flexibility index (Phi) is 6.15. The number of fused-ring (bicyclic) bond motifs is 3. The van der Waals surface area contributed by atoms with Gasteiger partial charge in [-0.15, -0.1) is 0 Å². The van der Waals surface area contributed by atoms with Crippen LogP contribution in [0.1, 0.15) is 67.3 Å². The third-order valence-electron chi connectivity index (χ3n) is 6.46. The quantitative estimate of drug-likeness (QED) is 0.688. The zero-order valence-electron chi connectivity index (χ0n) is 17.7. The van der Waals surface area contributed by atoms with Gasteiger partial charge >= 0.3 is 0 Å². The first-order valence-corrected chi connectivity index (χ1v) is 10.9. The number of methoxy groups -OCH3 is 1. The van der Waals surface area contributed by atoms with Crippen molar-refractivity contribution in [3.05, 3.63) is 29.5 Å². The molecule has 0 radical (unpaired) electrons. The molecule has 1 amide bonds. The molecular weight excluding hydrogens is 368 g/mol. The third kappa shape index (κ3) is 4.16. The smallest absolute Gasteiger partial charge is 0.274 e. The van der Waals surface area contributed by atoms with Crippen LogP contribution in [0, 0.1) is 18.8 Å². The Bertz CT molecular complexity index is 851. The van der Waals surface area contributed by atoms with E-state index in [9.17, 15) is 4.79 Å². The van der Waals surface area contributed by atoms with Crippen molar-refractivity contribution in [3.63, 3.8) is 0 Å². The summed E-state index contributed by atoms with van der Waals surface area (Å²) in [4.78, 5) is 22.1. The van der Waals surface area contributed by atoms with E-state index in [4.69, 9.17) is 9.47 Å². The first-order valence-electron chi connectivity index (χ1n) is 10.9. The molecule has 2 aromatic heterocycles. The van der Waals surface area contributed by atoms with Crippen LogP contribution in [0.5, 0.6) is 0 Å². The molecule has 2 aliphatic carbocycles. The van der Waals surface area contributed by atoms with Crippen LogP contribution in [-0.2, 0) is 16.1 Å². The van der Waals surface area contributed by atoms with Gasteiger partial charge in [0.1, 0.15) is 6.33 Å². The van der Waals surface area contributed by atoms with Crippen molar-refractivity contribution in [2.45, 2.75) is 71.1 Å². The number of amides is 1. The highest BCUT2D eigenvalue weighted by Gasteiger charge is 2.44. The lowest BCUT2D eigenvalue weighted by Gasteiger charge is -2.35. The van der Waals surface area contributed by atoms with Crippen molar-refractivity contribution in [2.75, 3.05) is 13.7 Å². The minimum Gasteiger partial charge on any atom is -0.378 e. The first kappa shape index (κ1) is 20.3. The summed E-state index contributed by atoms with van der Waals surface area (Å²) in [5, 5.41) is 3.29. The van der Waals surface area contributed by atoms with Gasteiger partial charge in [-0.3, -0.25) is 9.20 Å². The van der Waals surface area contributed by atoms with E-state index in [1.54, 1.807) is 13.4 Å². The first-order chi connectivity index (χ1) is 14.1. The minimum atomic E-state index is -0.124. The van der Waals surface area contributed by atoms with Gasteiger partial charge in [0.2, 0.25) is 0 Å². The summed E-state index contributed by atoms with van der Waals surface area (Å²) in [5.74, 6) is 0.870. The van der Waals surface area contributed by atoms with Crippen molar-refractivity contribution in [1.82, 2.24) is 19.7 Å². The van der Waals surface area contributed by atoms with Crippen LogP contribution in [0.2, 0.25) is 0 Å².